The number of ether oxygens (including phenoxy) is 1. The molecule has 192 valence electrons. The molecule has 5 aromatic rings. The maximum atomic E-state index is 10.4. The first-order chi connectivity index (χ1) is 17.7. The minimum atomic E-state index is -1.21. The summed E-state index contributed by atoms with van der Waals surface area (Å²) >= 11 is 0. The lowest BCUT2D eigenvalue weighted by Crippen LogP contribution is -3.00. The van der Waals surface area contributed by atoms with Crippen molar-refractivity contribution in [1.82, 2.24) is 24.5 Å². The Labute approximate surface area is 217 Å². The maximum Gasteiger partial charge on any atom is 0.256 e. The number of nitrogens with one attached hydrogen (secondary N) is 1. The van der Waals surface area contributed by atoms with Crippen LogP contribution in [0.15, 0.2) is 61.2 Å². The maximum absolute atomic E-state index is 10.4. The van der Waals surface area contributed by atoms with E-state index < -0.39 is 31.1 Å². The van der Waals surface area contributed by atoms with Gasteiger partial charge < -0.3 is 37.8 Å². The molecule has 0 bridgehead atoms. The van der Waals surface area contributed by atoms with Crippen LogP contribution in [0.4, 0.5) is 11.5 Å². The highest BCUT2D eigenvalue weighted by molar-refractivity contribution is 6.07. The van der Waals surface area contributed by atoms with Crippen LogP contribution < -0.4 is 23.0 Å². The number of hydrogen-bond donors (Lipinski definition) is 5. The lowest BCUT2D eigenvalue weighted by atomic mass is 10.1. The summed E-state index contributed by atoms with van der Waals surface area (Å²) in [6, 6.07) is 16.2. The van der Waals surface area contributed by atoms with Gasteiger partial charge in [-0.15, -0.1) is 0 Å². The Morgan fingerprint density at radius 1 is 0.946 bits per heavy atom. The van der Waals surface area contributed by atoms with Crippen LogP contribution in [0.2, 0.25) is 0 Å². The third kappa shape index (κ3) is 4.46. The average molecular weight is 524 g/mol. The zero-order valence-corrected chi connectivity index (χ0v) is 20.4. The summed E-state index contributed by atoms with van der Waals surface area (Å²) in [5, 5.41) is 37.6. The summed E-state index contributed by atoms with van der Waals surface area (Å²) in [6.07, 6.45) is -1.25. The summed E-state index contributed by atoms with van der Waals surface area (Å²) in [6.45, 7) is 0.946. The Morgan fingerprint density at radius 3 is 2.32 bits per heavy atom. The molecule has 1 aliphatic rings. The predicted molar refractivity (Wildman–Crippen MR) is 133 cm³/mol. The molecule has 0 aliphatic carbocycles. The summed E-state index contributed by atoms with van der Waals surface area (Å²) < 4.78 is 7.19. The first kappa shape index (κ1) is 25.2. The molecule has 4 heterocycles. The van der Waals surface area contributed by atoms with E-state index in [1.807, 2.05) is 41.7 Å². The van der Waals surface area contributed by atoms with E-state index >= 15 is 0 Å². The molecule has 4 atom stereocenters. The molecule has 1 fully saturated rings. The molecule has 1 aliphatic heterocycles. The number of anilines is 1. The van der Waals surface area contributed by atoms with Gasteiger partial charge in [-0.2, -0.15) is 4.98 Å². The zero-order chi connectivity index (χ0) is 24.6. The Bertz CT molecular complexity index is 1490. The fourth-order valence-electron chi connectivity index (χ4n) is 4.75. The van der Waals surface area contributed by atoms with E-state index in [-0.39, 0.29) is 12.4 Å². The van der Waals surface area contributed by atoms with Gasteiger partial charge in [0.15, 0.2) is 17.4 Å². The molecule has 0 unspecified atom stereocenters. The number of imidazole rings is 1. The van der Waals surface area contributed by atoms with E-state index in [2.05, 4.69) is 32.4 Å². The van der Waals surface area contributed by atoms with Crippen molar-refractivity contribution in [3.05, 3.63) is 61.2 Å². The van der Waals surface area contributed by atoms with Crippen LogP contribution >= 0.6 is 0 Å². The van der Waals surface area contributed by atoms with Crippen molar-refractivity contribution in [2.75, 3.05) is 25.0 Å². The number of nitrogens with zero attached hydrogens (tertiary/aromatic N) is 5. The minimum absolute atomic E-state index is 0. The van der Waals surface area contributed by atoms with Gasteiger partial charge in [-0.1, -0.05) is 36.4 Å². The Balaban J connectivity index is 0.00000280. The zero-order valence-electron chi connectivity index (χ0n) is 19.6. The van der Waals surface area contributed by atoms with Crippen molar-refractivity contribution in [3.8, 4) is 0 Å². The molecule has 0 spiro atoms. The number of pyridine rings is 1. The molecule has 11 nitrogen and oxygen atoms in total. The molecule has 0 saturated carbocycles. The van der Waals surface area contributed by atoms with Gasteiger partial charge in [0.05, 0.1) is 42.7 Å². The number of halogens is 1. The van der Waals surface area contributed by atoms with Gasteiger partial charge >= 0.3 is 0 Å². The summed E-state index contributed by atoms with van der Waals surface area (Å²) in [5.74, 6) is 0.664. The van der Waals surface area contributed by atoms with E-state index in [4.69, 9.17) is 9.72 Å². The van der Waals surface area contributed by atoms with Crippen molar-refractivity contribution < 1.29 is 37.8 Å². The van der Waals surface area contributed by atoms with Gasteiger partial charge in [-0.3, -0.25) is 9.88 Å². The Kier molecular flexibility index (Phi) is 7.15. The lowest BCUT2D eigenvalue weighted by molar-refractivity contribution is -0.570. The minimum Gasteiger partial charge on any atom is -1.00 e. The van der Waals surface area contributed by atoms with Crippen LogP contribution in [-0.4, -0.2) is 77.8 Å². The van der Waals surface area contributed by atoms with E-state index in [1.165, 1.54) is 12.7 Å². The molecular formula is C25H26ClN7O4. The van der Waals surface area contributed by atoms with Crippen LogP contribution in [0, 0.1) is 0 Å². The molecule has 6 rings (SSSR count). The number of nitrogens with two attached hydrogens (primary N) is 1. The van der Waals surface area contributed by atoms with Gasteiger partial charge in [0.2, 0.25) is 0 Å². The summed E-state index contributed by atoms with van der Waals surface area (Å²) in [5.41, 5.74) is 3.97. The van der Waals surface area contributed by atoms with Gasteiger partial charge in [-0.05, 0) is 12.1 Å². The van der Waals surface area contributed by atoms with E-state index in [0.717, 1.165) is 27.5 Å². The number of aliphatic hydroxyl groups excluding tert-OH is 3. The first-order valence-corrected chi connectivity index (χ1v) is 11.8. The number of fused-ring (bicyclic) bond motifs is 3. The van der Waals surface area contributed by atoms with Gasteiger partial charge in [0, 0.05) is 10.8 Å². The van der Waals surface area contributed by atoms with Crippen molar-refractivity contribution in [2.45, 2.75) is 24.5 Å². The van der Waals surface area contributed by atoms with Crippen molar-refractivity contribution in [2.24, 2.45) is 0 Å². The fraction of sp³-hybridized carbons (Fsp3) is 0.280. The number of para-hydroxylation sites is 2. The topological polar surface area (TPSA) is 155 Å². The molecule has 1 saturated heterocycles. The smallest absolute Gasteiger partial charge is 0.256 e. The summed E-state index contributed by atoms with van der Waals surface area (Å²) in [7, 11) is 0. The first-order valence-electron chi connectivity index (χ1n) is 11.8. The van der Waals surface area contributed by atoms with Crippen LogP contribution in [-0.2, 0) is 4.74 Å². The second-order valence-electron chi connectivity index (χ2n) is 8.75. The summed E-state index contributed by atoms with van der Waals surface area (Å²) in [4.78, 5) is 17.9. The number of rotatable bonds is 7. The number of benzene rings is 2. The predicted octanol–water partition coefficient (Wildman–Crippen LogP) is -2.55. The molecule has 6 N–H and O–H groups in total. The van der Waals surface area contributed by atoms with Crippen molar-refractivity contribution in [3.63, 3.8) is 0 Å². The third-order valence-electron chi connectivity index (χ3n) is 6.55. The molecule has 0 amide bonds. The quantitative estimate of drug-likeness (QED) is 0.114. The number of quaternary nitrogens is 1. The SMILES string of the molecule is OC[C@H]1O[C@@H](n2cnc3c([NH2+]CCNc4c5ccccc5nc5ccccc45)ncnc32)[C@H](O)[C@@H]1O.[Cl-]. The Morgan fingerprint density at radius 2 is 1.65 bits per heavy atom. The second kappa shape index (κ2) is 10.5. The Hall–Kier alpha value is -3.45. The molecule has 12 heteroatoms. The largest absolute Gasteiger partial charge is 1.00 e. The standard InChI is InChI=1S/C25H25N7O4.ClH/c33-11-18-21(34)22(35)25(36-18)32-13-30-20-23(28-12-29-24(20)32)27-10-9-26-19-14-5-1-3-7-16(14)31-17-8-4-2-6-15(17)19;/h1-8,12-13,18,21-22,25,33-35H,9-11H2,(H,26,31)(H,27,28,29);1H/t18-,21-,22-,25-;/m1./s1. The number of hydrogen-bond acceptors (Lipinski definition) is 9. The molecule has 37 heavy (non-hydrogen) atoms. The third-order valence-corrected chi connectivity index (χ3v) is 6.55. The van der Waals surface area contributed by atoms with E-state index in [0.29, 0.717) is 30.1 Å². The molecular weight excluding hydrogens is 498 g/mol. The second-order valence-corrected chi connectivity index (χ2v) is 8.75. The van der Waals surface area contributed by atoms with Crippen LogP contribution in [0.1, 0.15) is 6.23 Å². The molecule has 2 aromatic carbocycles. The molecule has 0 radical (unpaired) electrons. The number of aromatic nitrogens is 5. The van der Waals surface area contributed by atoms with Crippen molar-refractivity contribution in [1.29, 1.82) is 0 Å². The van der Waals surface area contributed by atoms with E-state index in [1.54, 1.807) is 4.57 Å². The molecule has 3 aromatic heterocycles. The van der Waals surface area contributed by atoms with E-state index in [9.17, 15) is 15.3 Å². The van der Waals surface area contributed by atoms with Gasteiger partial charge in [0.25, 0.3) is 5.82 Å². The monoisotopic (exact) mass is 523 g/mol. The van der Waals surface area contributed by atoms with Crippen LogP contribution in [0.5, 0.6) is 0 Å². The number of aliphatic hydroxyl groups is 3. The average Bonchev–Trinajstić information content (AvgIpc) is 3.46. The van der Waals surface area contributed by atoms with Crippen molar-refractivity contribution >= 4 is 44.5 Å². The van der Waals surface area contributed by atoms with Crippen LogP contribution in [0.3, 0.4) is 0 Å². The van der Waals surface area contributed by atoms with Gasteiger partial charge in [-0.25, -0.2) is 15.0 Å². The highest BCUT2D eigenvalue weighted by Gasteiger charge is 2.44. The highest BCUT2D eigenvalue weighted by Crippen LogP contribution is 2.32. The van der Waals surface area contributed by atoms with Gasteiger partial charge in [0.1, 0.15) is 24.6 Å². The highest BCUT2D eigenvalue weighted by atomic mass is 35.5. The van der Waals surface area contributed by atoms with Crippen LogP contribution in [0.25, 0.3) is 33.0 Å². The lowest BCUT2D eigenvalue weighted by Gasteiger charge is -2.16. The normalized spacial score (nSPS) is 21.5. The fourth-order valence-corrected chi connectivity index (χ4v) is 4.75.